The van der Waals surface area contributed by atoms with E-state index in [9.17, 15) is 0 Å². The van der Waals surface area contributed by atoms with E-state index in [2.05, 4.69) is 32.6 Å². The Morgan fingerprint density at radius 3 is 2.35 bits per heavy atom. The summed E-state index contributed by atoms with van der Waals surface area (Å²) in [7, 11) is 0. The van der Waals surface area contributed by atoms with Crippen LogP contribution in [0.15, 0.2) is 0 Å². The molecule has 0 radical (unpaired) electrons. The first kappa shape index (κ1) is 13.4. The second-order valence-electron chi connectivity index (χ2n) is 7.31. The zero-order valence-electron chi connectivity index (χ0n) is 12.1. The van der Waals surface area contributed by atoms with Gasteiger partial charge in [0.2, 0.25) is 0 Å². The van der Waals surface area contributed by atoms with E-state index in [0.29, 0.717) is 11.5 Å². The van der Waals surface area contributed by atoms with Crippen LogP contribution < -0.4 is 5.73 Å². The summed E-state index contributed by atoms with van der Waals surface area (Å²) in [6.45, 7) is 10.5. The number of piperidine rings is 1. The second-order valence-corrected chi connectivity index (χ2v) is 7.31. The fraction of sp³-hybridized carbons (Fsp3) is 1.00. The van der Waals surface area contributed by atoms with Crippen molar-refractivity contribution < 1.29 is 0 Å². The molecule has 2 rings (SSSR count). The van der Waals surface area contributed by atoms with Crippen LogP contribution in [0, 0.1) is 11.3 Å². The Balaban J connectivity index is 2.17. The van der Waals surface area contributed by atoms with Gasteiger partial charge in [0, 0.05) is 18.1 Å². The molecule has 2 fully saturated rings. The lowest BCUT2D eigenvalue weighted by Gasteiger charge is -2.49. The van der Waals surface area contributed by atoms with Crippen molar-refractivity contribution in [1.29, 1.82) is 0 Å². The van der Waals surface area contributed by atoms with Crippen molar-refractivity contribution in [1.82, 2.24) is 4.90 Å². The molecule has 2 N–H and O–H groups in total. The van der Waals surface area contributed by atoms with E-state index in [0.717, 1.165) is 12.0 Å². The summed E-state index contributed by atoms with van der Waals surface area (Å²) in [6.07, 6.45) is 7.13. The smallest absolute Gasteiger partial charge is 0.0295 e. The fourth-order valence-electron chi connectivity index (χ4n) is 4.43. The van der Waals surface area contributed by atoms with Crippen molar-refractivity contribution >= 4 is 0 Å². The molecule has 17 heavy (non-hydrogen) atoms. The molecule has 0 aromatic carbocycles. The lowest BCUT2D eigenvalue weighted by Crippen LogP contribution is -2.59. The van der Waals surface area contributed by atoms with E-state index in [4.69, 9.17) is 5.73 Å². The zero-order valence-corrected chi connectivity index (χ0v) is 12.1. The highest BCUT2D eigenvalue weighted by Gasteiger charge is 2.42. The Morgan fingerprint density at radius 2 is 1.76 bits per heavy atom. The van der Waals surface area contributed by atoms with Gasteiger partial charge in [0.25, 0.3) is 0 Å². The van der Waals surface area contributed by atoms with Gasteiger partial charge in [0.15, 0.2) is 0 Å². The monoisotopic (exact) mass is 238 g/mol. The minimum Gasteiger partial charge on any atom is -0.327 e. The molecule has 0 bridgehead atoms. The van der Waals surface area contributed by atoms with Crippen LogP contribution in [0.5, 0.6) is 0 Å². The van der Waals surface area contributed by atoms with Crippen molar-refractivity contribution in [2.24, 2.45) is 17.1 Å². The van der Waals surface area contributed by atoms with E-state index >= 15 is 0 Å². The highest BCUT2D eigenvalue weighted by molar-refractivity contribution is 4.98. The van der Waals surface area contributed by atoms with Gasteiger partial charge < -0.3 is 5.73 Å². The molecular formula is C15H30N2. The van der Waals surface area contributed by atoms with Gasteiger partial charge in [0.1, 0.15) is 0 Å². The van der Waals surface area contributed by atoms with Crippen LogP contribution in [0.1, 0.15) is 59.8 Å². The molecule has 0 amide bonds. The predicted octanol–water partition coefficient (Wildman–Crippen LogP) is 3.01. The van der Waals surface area contributed by atoms with Gasteiger partial charge in [-0.15, -0.1) is 0 Å². The van der Waals surface area contributed by atoms with Crippen LogP contribution in [0.4, 0.5) is 0 Å². The molecule has 4 unspecified atom stereocenters. The maximum absolute atomic E-state index is 6.29. The second kappa shape index (κ2) is 4.89. The molecule has 1 aliphatic heterocycles. The lowest BCUT2D eigenvalue weighted by atomic mass is 9.78. The van der Waals surface area contributed by atoms with Crippen molar-refractivity contribution in [2.75, 3.05) is 6.54 Å². The number of nitrogens with two attached hydrogens (primary N) is 1. The standard InChI is InChI=1S/C15H30N2/c1-11(16)14(15(2,3)4)17-10-6-8-12-7-5-9-13(12)17/h11-14H,5-10,16H2,1-4H3. The van der Waals surface area contributed by atoms with Gasteiger partial charge in [-0.05, 0) is 50.5 Å². The summed E-state index contributed by atoms with van der Waals surface area (Å²) in [6, 6.07) is 1.64. The molecule has 1 heterocycles. The molecule has 2 aliphatic rings. The van der Waals surface area contributed by atoms with E-state index in [1.165, 1.54) is 38.6 Å². The maximum Gasteiger partial charge on any atom is 0.0295 e. The zero-order chi connectivity index (χ0) is 12.6. The van der Waals surface area contributed by atoms with Gasteiger partial charge in [-0.3, -0.25) is 4.90 Å². The van der Waals surface area contributed by atoms with E-state index in [1.54, 1.807) is 0 Å². The average molecular weight is 238 g/mol. The van der Waals surface area contributed by atoms with Crippen molar-refractivity contribution in [3.05, 3.63) is 0 Å². The van der Waals surface area contributed by atoms with E-state index < -0.39 is 0 Å². The first-order valence-electron chi connectivity index (χ1n) is 7.42. The average Bonchev–Trinajstić information content (AvgIpc) is 2.63. The van der Waals surface area contributed by atoms with E-state index in [1.807, 2.05) is 0 Å². The van der Waals surface area contributed by atoms with Crippen LogP contribution in [-0.4, -0.2) is 29.6 Å². The summed E-state index contributed by atoms with van der Waals surface area (Å²) in [4.78, 5) is 2.77. The molecule has 0 aromatic rings. The van der Waals surface area contributed by atoms with Crippen LogP contribution in [0.2, 0.25) is 0 Å². The van der Waals surface area contributed by atoms with Gasteiger partial charge in [-0.2, -0.15) is 0 Å². The third-order valence-corrected chi connectivity index (χ3v) is 4.78. The third kappa shape index (κ3) is 2.68. The van der Waals surface area contributed by atoms with Gasteiger partial charge in [-0.1, -0.05) is 27.2 Å². The first-order valence-corrected chi connectivity index (χ1v) is 7.42. The summed E-state index contributed by atoms with van der Waals surface area (Å²) in [5, 5.41) is 0. The fourth-order valence-corrected chi connectivity index (χ4v) is 4.43. The Morgan fingerprint density at radius 1 is 1.12 bits per heavy atom. The number of likely N-dealkylation sites (tertiary alicyclic amines) is 1. The normalized spacial score (nSPS) is 34.4. The van der Waals surface area contributed by atoms with Crippen molar-refractivity contribution in [3.63, 3.8) is 0 Å². The molecular weight excluding hydrogens is 208 g/mol. The minimum absolute atomic E-state index is 0.273. The van der Waals surface area contributed by atoms with Gasteiger partial charge in [0.05, 0.1) is 0 Å². The number of rotatable bonds is 2. The largest absolute Gasteiger partial charge is 0.327 e. The number of nitrogens with zero attached hydrogens (tertiary/aromatic N) is 1. The molecule has 1 aliphatic carbocycles. The predicted molar refractivity (Wildman–Crippen MR) is 74.0 cm³/mol. The molecule has 100 valence electrons. The summed E-state index contributed by atoms with van der Waals surface area (Å²) < 4.78 is 0. The van der Waals surface area contributed by atoms with Gasteiger partial charge in [-0.25, -0.2) is 0 Å². The Hall–Kier alpha value is -0.0800. The van der Waals surface area contributed by atoms with Crippen molar-refractivity contribution in [2.45, 2.75) is 77.9 Å². The number of fused-ring (bicyclic) bond motifs is 1. The van der Waals surface area contributed by atoms with E-state index in [-0.39, 0.29) is 6.04 Å². The van der Waals surface area contributed by atoms with Crippen LogP contribution in [-0.2, 0) is 0 Å². The summed E-state index contributed by atoms with van der Waals surface area (Å²) in [5.74, 6) is 0.965. The first-order chi connectivity index (χ1) is 7.91. The third-order valence-electron chi connectivity index (χ3n) is 4.78. The molecule has 0 aromatic heterocycles. The minimum atomic E-state index is 0.273. The Bertz CT molecular complexity index is 254. The summed E-state index contributed by atoms with van der Waals surface area (Å²) >= 11 is 0. The lowest BCUT2D eigenvalue weighted by molar-refractivity contribution is 0.00558. The topological polar surface area (TPSA) is 29.3 Å². The number of hydrogen-bond acceptors (Lipinski definition) is 2. The molecule has 1 saturated carbocycles. The highest BCUT2D eigenvalue weighted by Crippen LogP contribution is 2.41. The molecule has 1 saturated heterocycles. The molecule has 2 nitrogen and oxygen atoms in total. The van der Waals surface area contributed by atoms with Crippen LogP contribution in [0.3, 0.4) is 0 Å². The highest BCUT2D eigenvalue weighted by atomic mass is 15.2. The van der Waals surface area contributed by atoms with Crippen LogP contribution in [0.25, 0.3) is 0 Å². The number of hydrogen-bond donors (Lipinski definition) is 1. The SMILES string of the molecule is CC(N)C(N1CCCC2CCCC21)C(C)(C)C. The Labute approximate surface area is 107 Å². The maximum atomic E-state index is 6.29. The summed E-state index contributed by atoms with van der Waals surface area (Å²) in [5.41, 5.74) is 6.59. The van der Waals surface area contributed by atoms with Crippen LogP contribution >= 0.6 is 0 Å². The Kier molecular flexibility index (Phi) is 3.84. The van der Waals surface area contributed by atoms with Gasteiger partial charge >= 0.3 is 0 Å². The molecule has 2 heteroatoms. The van der Waals surface area contributed by atoms with Crippen molar-refractivity contribution in [3.8, 4) is 0 Å². The quantitative estimate of drug-likeness (QED) is 0.801. The molecule has 4 atom stereocenters. The molecule has 0 spiro atoms.